The fourth-order valence-electron chi connectivity index (χ4n) is 4.28. The van der Waals surface area contributed by atoms with Crippen LogP contribution in [-0.4, -0.2) is 48.4 Å². The number of para-hydroxylation sites is 1. The second kappa shape index (κ2) is 11.4. The summed E-state index contributed by atoms with van der Waals surface area (Å²) in [5.41, 5.74) is -0.668. The zero-order valence-electron chi connectivity index (χ0n) is 19.4. The molecule has 12 heteroatoms. The van der Waals surface area contributed by atoms with Gasteiger partial charge in [0.25, 0.3) is 11.5 Å². The molecule has 2 atom stereocenters. The molecule has 1 saturated carbocycles. The second-order valence-corrected chi connectivity index (χ2v) is 8.78. The average molecular weight is 504 g/mol. The molecule has 0 radical (unpaired) electrons. The highest BCUT2D eigenvalue weighted by Crippen LogP contribution is 2.32. The Morgan fingerprint density at radius 2 is 1.94 bits per heavy atom. The van der Waals surface area contributed by atoms with Gasteiger partial charge in [0.2, 0.25) is 0 Å². The predicted octanol–water partition coefficient (Wildman–Crippen LogP) is 2.62. The van der Waals surface area contributed by atoms with E-state index in [2.05, 4.69) is 15.5 Å². The van der Waals surface area contributed by atoms with Crippen molar-refractivity contribution in [2.24, 2.45) is 5.92 Å². The molecule has 1 aromatic carbocycles. The number of benzene rings is 1. The summed E-state index contributed by atoms with van der Waals surface area (Å²) in [6.07, 6.45) is 6.00. The van der Waals surface area contributed by atoms with Crippen LogP contribution in [0.1, 0.15) is 38.1 Å². The highest BCUT2D eigenvalue weighted by atomic mass is 19.1. The predicted molar refractivity (Wildman–Crippen MR) is 124 cm³/mol. The first-order valence-corrected chi connectivity index (χ1v) is 11.7. The summed E-state index contributed by atoms with van der Waals surface area (Å²) in [4.78, 5) is 26.1. The fourth-order valence-corrected chi connectivity index (χ4v) is 4.28. The first-order valence-electron chi connectivity index (χ1n) is 11.7. The Hall–Kier alpha value is -3.64. The lowest BCUT2D eigenvalue weighted by atomic mass is 9.98. The number of nitrogens with zero attached hydrogens (tertiary/aromatic N) is 4. The monoisotopic (exact) mass is 503 g/mol. The van der Waals surface area contributed by atoms with E-state index in [4.69, 9.17) is 9.84 Å². The van der Waals surface area contributed by atoms with Crippen molar-refractivity contribution >= 4 is 11.7 Å². The third kappa shape index (κ3) is 6.13. The number of aliphatic hydroxyl groups excluding tert-OH is 2. The summed E-state index contributed by atoms with van der Waals surface area (Å²) >= 11 is 0. The molecule has 3 N–H and O–H groups in total. The molecule has 0 saturated heterocycles. The van der Waals surface area contributed by atoms with E-state index in [1.165, 1.54) is 16.8 Å². The van der Waals surface area contributed by atoms with Crippen molar-refractivity contribution in [3.63, 3.8) is 0 Å². The van der Waals surface area contributed by atoms with Crippen molar-refractivity contribution in [1.82, 2.24) is 19.6 Å². The van der Waals surface area contributed by atoms with Crippen molar-refractivity contribution in [3.05, 3.63) is 64.7 Å². The van der Waals surface area contributed by atoms with Crippen molar-refractivity contribution in [2.45, 2.75) is 50.8 Å². The minimum absolute atomic E-state index is 0.0446. The maximum atomic E-state index is 13.9. The van der Waals surface area contributed by atoms with Crippen molar-refractivity contribution in [1.29, 1.82) is 0 Å². The number of hydrogen-bond acceptors (Lipinski definition) is 7. The van der Waals surface area contributed by atoms with Crippen LogP contribution in [0.2, 0.25) is 0 Å². The number of carbonyl (C=O) groups is 1. The normalized spacial score (nSPS) is 15.6. The number of rotatable bonds is 10. The van der Waals surface area contributed by atoms with Gasteiger partial charge in [-0.1, -0.05) is 31.7 Å². The number of ether oxygens (including phenoxy) is 1. The second-order valence-electron chi connectivity index (χ2n) is 8.78. The van der Waals surface area contributed by atoms with Gasteiger partial charge in [-0.15, -0.1) is 0 Å². The number of anilines is 1. The number of amides is 1. The molecule has 1 aliphatic rings. The van der Waals surface area contributed by atoms with E-state index in [1.54, 1.807) is 6.20 Å². The molecule has 2 heterocycles. The van der Waals surface area contributed by atoms with Crippen LogP contribution in [0.5, 0.6) is 11.5 Å². The molecule has 0 spiro atoms. The average Bonchev–Trinajstić information content (AvgIpc) is 3.52. The summed E-state index contributed by atoms with van der Waals surface area (Å²) in [6.45, 7) is -0.383. The maximum absolute atomic E-state index is 13.9. The summed E-state index contributed by atoms with van der Waals surface area (Å²) in [7, 11) is 0. The van der Waals surface area contributed by atoms with E-state index in [1.807, 2.05) is 0 Å². The Bertz CT molecular complexity index is 1240. The molecule has 0 bridgehead atoms. The zero-order chi connectivity index (χ0) is 25.7. The standard InChI is InChI=1S/C24H27F2N5O5/c25-18-6-3-7-19(26)23(18)36-17-11-22(34)31(27-12-17)20(10-15-4-1-2-5-15)24(35)28-21-8-9-30(29-21)13-16(33)14-32/h3,6-9,11-12,15-16,20,32-33H,1-2,4-5,10,13-14H2,(H,28,29,35)/t16-,20+/m0/s1. The Morgan fingerprint density at radius 3 is 2.61 bits per heavy atom. The molecule has 4 rings (SSSR count). The van der Waals surface area contributed by atoms with E-state index in [0.29, 0.717) is 6.42 Å². The number of nitrogens with one attached hydrogen (secondary N) is 1. The topological polar surface area (TPSA) is 132 Å². The largest absolute Gasteiger partial charge is 0.449 e. The SMILES string of the molecule is O=C(Nc1ccn(C[C@H](O)CO)n1)[C@@H](CC1CCCC1)n1ncc(Oc2c(F)cccc2F)cc1=O. The highest BCUT2D eigenvalue weighted by molar-refractivity contribution is 5.92. The van der Waals surface area contributed by atoms with Crippen molar-refractivity contribution in [3.8, 4) is 11.5 Å². The minimum atomic E-state index is -0.995. The molecule has 192 valence electrons. The molecule has 1 fully saturated rings. The van der Waals surface area contributed by atoms with Gasteiger partial charge in [-0.3, -0.25) is 14.3 Å². The first-order chi connectivity index (χ1) is 17.3. The van der Waals surface area contributed by atoms with Crippen LogP contribution in [-0.2, 0) is 11.3 Å². The molecule has 0 aliphatic heterocycles. The van der Waals surface area contributed by atoms with Gasteiger partial charge in [0.1, 0.15) is 6.04 Å². The van der Waals surface area contributed by atoms with Crippen LogP contribution in [0.15, 0.2) is 47.5 Å². The Balaban J connectivity index is 1.55. The molecule has 0 unspecified atom stereocenters. The maximum Gasteiger partial charge on any atom is 0.271 e. The number of aromatic nitrogens is 4. The van der Waals surface area contributed by atoms with Crippen molar-refractivity contribution in [2.75, 3.05) is 11.9 Å². The Morgan fingerprint density at radius 1 is 1.22 bits per heavy atom. The van der Waals surface area contributed by atoms with E-state index < -0.39 is 47.6 Å². The summed E-state index contributed by atoms with van der Waals surface area (Å²) in [5, 5.41) is 29.5. The van der Waals surface area contributed by atoms with E-state index in [-0.39, 0.29) is 24.0 Å². The van der Waals surface area contributed by atoms with Gasteiger partial charge >= 0.3 is 0 Å². The zero-order valence-corrected chi connectivity index (χ0v) is 19.4. The van der Waals surface area contributed by atoms with Crippen molar-refractivity contribution < 1.29 is 28.5 Å². The van der Waals surface area contributed by atoms with Gasteiger partial charge in [-0.2, -0.15) is 10.2 Å². The van der Waals surface area contributed by atoms with Crippen LogP contribution in [0.4, 0.5) is 14.6 Å². The quantitative estimate of drug-likeness (QED) is 0.388. The lowest BCUT2D eigenvalue weighted by molar-refractivity contribution is -0.120. The summed E-state index contributed by atoms with van der Waals surface area (Å²) < 4.78 is 35.5. The van der Waals surface area contributed by atoms with Gasteiger partial charge in [-0.25, -0.2) is 13.5 Å². The van der Waals surface area contributed by atoms with E-state index in [9.17, 15) is 23.5 Å². The molecular weight excluding hydrogens is 476 g/mol. The number of hydrogen-bond donors (Lipinski definition) is 3. The molecule has 10 nitrogen and oxygen atoms in total. The van der Waals surface area contributed by atoms with Crippen LogP contribution in [0.25, 0.3) is 0 Å². The van der Waals surface area contributed by atoms with Crippen LogP contribution < -0.4 is 15.6 Å². The van der Waals surface area contributed by atoms with E-state index in [0.717, 1.165) is 54.8 Å². The van der Waals surface area contributed by atoms with Gasteiger partial charge < -0.3 is 20.3 Å². The van der Waals surface area contributed by atoms with Crippen LogP contribution >= 0.6 is 0 Å². The summed E-state index contributed by atoms with van der Waals surface area (Å²) in [6, 6.07) is 4.86. The molecular formula is C24H27F2N5O5. The number of halogens is 2. The summed E-state index contributed by atoms with van der Waals surface area (Å²) in [5.74, 6) is -2.73. The number of aliphatic hydroxyl groups is 2. The number of carbonyl (C=O) groups excluding carboxylic acids is 1. The third-order valence-electron chi connectivity index (χ3n) is 6.07. The lowest BCUT2D eigenvalue weighted by Crippen LogP contribution is -2.36. The Kier molecular flexibility index (Phi) is 8.06. The van der Waals surface area contributed by atoms with Gasteiger partial charge in [0.15, 0.2) is 29.0 Å². The third-order valence-corrected chi connectivity index (χ3v) is 6.07. The van der Waals surface area contributed by atoms with E-state index >= 15 is 0 Å². The Labute approximate surface area is 205 Å². The smallest absolute Gasteiger partial charge is 0.271 e. The first kappa shape index (κ1) is 25.5. The van der Waals surface area contributed by atoms with Gasteiger partial charge in [-0.05, 0) is 24.5 Å². The molecule has 1 amide bonds. The van der Waals surface area contributed by atoms with Gasteiger partial charge in [0.05, 0.1) is 25.5 Å². The molecule has 1 aliphatic carbocycles. The van der Waals surface area contributed by atoms with Crippen LogP contribution in [0.3, 0.4) is 0 Å². The van der Waals surface area contributed by atoms with Crippen LogP contribution in [0, 0.1) is 17.6 Å². The molecule has 2 aromatic heterocycles. The fraction of sp³-hybridized carbons (Fsp3) is 0.417. The minimum Gasteiger partial charge on any atom is -0.449 e. The lowest BCUT2D eigenvalue weighted by Gasteiger charge is -2.21. The van der Waals surface area contributed by atoms with Gasteiger partial charge in [0, 0.05) is 18.3 Å². The molecule has 36 heavy (non-hydrogen) atoms. The molecule has 3 aromatic rings. The highest BCUT2D eigenvalue weighted by Gasteiger charge is 2.29.